The number of benzene rings is 1. The Morgan fingerprint density at radius 3 is 2.94 bits per heavy atom. The summed E-state index contributed by atoms with van der Waals surface area (Å²) in [7, 11) is 0. The van der Waals surface area contributed by atoms with Crippen LogP contribution in [-0.2, 0) is 13.1 Å². The van der Waals surface area contributed by atoms with Crippen LogP contribution in [0.5, 0.6) is 0 Å². The fourth-order valence-electron chi connectivity index (χ4n) is 2.64. The molecule has 4 nitrogen and oxygen atoms in total. The molecule has 1 saturated carbocycles. The second-order valence-corrected chi connectivity index (χ2v) is 5.46. The van der Waals surface area contributed by atoms with Gasteiger partial charge in [0, 0.05) is 17.6 Å². The van der Waals surface area contributed by atoms with Crippen molar-refractivity contribution in [3.05, 3.63) is 40.9 Å². The number of fused-ring (bicyclic) bond motifs is 3. The fourth-order valence-corrected chi connectivity index (χ4v) is 2.83. The van der Waals surface area contributed by atoms with E-state index in [1.54, 1.807) is 6.33 Å². The Balaban J connectivity index is 1.88. The summed E-state index contributed by atoms with van der Waals surface area (Å²) in [4.78, 5) is 2.47. The van der Waals surface area contributed by atoms with Gasteiger partial charge in [0.15, 0.2) is 5.82 Å². The molecule has 0 N–H and O–H groups in total. The van der Waals surface area contributed by atoms with Gasteiger partial charge in [-0.2, -0.15) is 0 Å². The average molecular weight is 261 g/mol. The molecule has 0 spiro atoms. The highest BCUT2D eigenvalue weighted by molar-refractivity contribution is 6.30. The van der Waals surface area contributed by atoms with E-state index in [1.807, 2.05) is 6.07 Å². The molecule has 92 valence electrons. The summed E-state index contributed by atoms with van der Waals surface area (Å²) < 4.78 is 2.08. The van der Waals surface area contributed by atoms with Crippen molar-refractivity contribution in [3.63, 3.8) is 0 Å². The van der Waals surface area contributed by atoms with E-state index in [1.165, 1.54) is 18.4 Å². The van der Waals surface area contributed by atoms with E-state index in [-0.39, 0.29) is 0 Å². The molecule has 5 heteroatoms. The van der Waals surface area contributed by atoms with Crippen LogP contribution >= 0.6 is 11.6 Å². The van der Waals surface area contributed by atoms with Crippen molar-refractivity contribution in [3.8, 4) is 5.69 Å². The Labute approximate surface area is 110 Å². The van der Waals surface area contributed by atoms with E-state index in [4.69, 9.17) is 11.6 Å². The Kier molecular flexibility index (Phi) is 2.22. The normalized spacial score (nSPS) is 19.2. The average Bonchev–Trinajstić information content (AvgIpc) is 3.12. The largest absolute Gasteiger partial charge is 0.289 e. The van der Waals surface area contributed by atoms with Crippen LogP contribution in [0.4, 0.5) is 0 Å². The van der Waals surface area contributed by atoms with E-state index < -0.39 is 0 Å². The van der Waals surface area contributed by atoms with Gasteiger partial charge in [0.25, 0.3) is 0 Å². The molecule has 1 aliphatic heterocycles. The van der Waals surface area contributed by atoms with E-state index in [0.717, 1.165) is 29.6 Å². The first kappa shape index (κ1) is 10.5. The Morgan fingerprint density at radius 2 is 2.11 bits per heavy atom. The molecule has 2 heterocycles. The molecule has 1 aliphatic carbocycles. The number of aromatic nitrogens is 3. The number of halogens is 1. The predicted molar refractivity (Wildman–Crippen MR) is 68.6 cm³/mol. The number of nitrogens with zero attached hydrogens (tertiary/aromatic N) is 4. The van der Waals surface area contributed by atoms with Crippen molar-refractivity contribution in [2.75, 3.05) is 0 Å². The van der Waals surface area contributed by atoms with Crippen LogP contribution in [0.15, 0.2) is 24.5 Å². The molecule has 1 aromatic heterocycles. The molecule has 18 heavy (non-hydrogen) atoms. The fraction of sp³-hybridized carbons (Fsp3) is 0.385. The lowest BCUT2D eigenvalue weighted by Crippen LogP contribution is -2.24. The Bertz CT molecular complexity index is 603. The molecule has 4 rings (SSSR count). The van der Waals surface area contributed by atoms with E-state index in [0.29, 0.717) is 6.04 Å². The van der Waals surface area contributed by atoms with Crippen LogP contribution in [0.25, 0.3) is 5.69 Å². The van der Waals surface area contributed by atoms with Gasteiger partial charge in [-0.15, -0.1) is 10.2 Å². The van der Waals surface area contributed by atoms with Crippen molar-refractivity contribution < 1.29 is 0 Å². The molecule has 0 atom stereocenters. The molecule has 0 saturated heterocycles. The van der Waals surface area contributed by atoms with Gasteiger partial charge in [0.1, 0.15) is 6.33 Å². The summed E-state index contributed by atoms with van der Waals surface area (Å²) in [6, 6.07) is 6.75. The van der Waals surface area contributed by atoms with Crippen LogP contribution in [0.1, 0.15) is 24.2 Å². The monoisotopic (exact) mass is 260 g/mol. The van der Waals surface area contributed by atoms with Gasteiger partial charge in [0.05, 0.1) is 12.2 Å². The lowest BCUT2D eigenvalue weighted by Gasteiger charge is -2.18. The second-order valence-electron chi connectivity index (χ2n) is 5.03. The van der Waals surface area contributed by atoms with Gasteiger partial charge < -0.3 is 0 Å². The third-order valence-corrected chi connectivity index (χ3v) is 3.94. The first-order valence-corrected chi connectivity index (χ1v) is 6.61. The minimum atomic E-state index is 0.708. The zero-order valence-electron chi connectivity index (χ0n) is 9.88. The molecular formula is C13H13ClN4. The minimum Gasteiger partial charge on any atom is -0.289 e. The maximum atomic E-state index is 6.11. The SMILES string of the molecule is Clc1ccc2c(c1)CN(C1CC1)Cc1nncn1-2. The number of hydrogen-bond acceptors (Lipinski definition) is 3. The van der Waals surface area contributed by atoms with Crippen molar-refractivity contribution >= 4 is 11.6 Å². The van der Waals surface area contributed by atoms with Gasteiger partial charge >= 0.3 is 0 Å². The Morgan fingerprint density at radius 1 is 1.22 bits per heavy atom. The zero-order chi connectivity index (χ0) is 12.1. The van der Waals surface area contributed by atoms with Crippen molar-refractivity contribution in [2.45, 2.75) is 32.0 Å². The first-order valence-electron chi connectivity index (χ1n) is 6.23. The third-order valence-electron chi connectivity index (χ3n) is 3.70. The van der Waals surface area contributed by atoms with Crippen LogP contribution < -0.4 is 0 Å². The lowest BCUT2D eigenvalue weighted by molar-refractivity contribution is 0.243. The smallest absolute Gasteiger partial charge is 0.151 e. The highest BCUT2D eigenvalue weighted by Gasteiger charge is 2.32. The van der Waals surface area contributed by atoms with Gasteiger partial charge in [-0.1, -0.05) is 11.6 Å². The van der Waals surface area contributed by atoms with Gasteiger partial charge in [-0.25, -0.2) is 0 Å². The number of rotatable bonds is 1. The molecule has 0 radical (unpaired) electrons. The molecule has 2 aromatic rings. The molecule has 0 bridgehead atoms. The minimum absolute atomic E-state index is 0.708. The predicted octanol–water partition coefficient (Wildman–Crippen LogP) is 2.40. The molecule has 1 aromatic carbocycles. The first-order chi connectivity index (χ1) is 8.81. The molecule has 0 amide bonds. The summed E-state index contributed by atoms with van der Waals surface area (Å²) in [6.07, 6.45) is 4.38. The van der Waals surface area contributed by atoms with Crippen molar-refractivity contribution in [2.24, 2.45) is 0 Å². The van der Waals surface area contributed by atoms with E-state index in [2.05, 4.69) is 31.8 Å². The van der Waals surface area contributed by atoms with Crippen LogP contribution in [0.2, 0.25) is 5.02 Å². The summed E-state index contributed by atoms with van der Waals surface area (Å²) in [5.74, 6) is 1.02. The molecule has 1 fully saturated rings. The topological polar surface area (TPSA) is 34.0 Å². The summed E-state index contributed by atoms with van der Waals surface area (Å²) in [5.41, 5.74) is 2.41. The Hall–Kier alpha value is -1.39. The van der Waals surface area contributed by atoms with Gasteiger partial charge in [-0.05, 0) is 36.6 Å². The molecular weight excluding hydrogens is 248 g/mol. The number of hydrogen-bond donors (Lipinski definition) is 0. The van der Waals surface area contributed by atoms with Crippen molar-refractivity contribution in [1.82, 2.24) is 19.7 Å². The maximum Gasteiger partial charge on any atom is 0.151 e. The summed E-state index contributed by atoms with van der Waals surface area (Å²) in [5, 5.41) is 9.06. The lowest BCUT2D eigenvalue weighted by atomic mass is 10.1. The summed E-state index contributed by atoms with van der Waals surface area (Å²) >= 11 is 6.11. The highest BCUT2D eigenvalue weighted by Crippen LogP contribution is 2.33. The standard InChI is InChI=1S/C13H13ClN4/c14-10-1-4-12-9(5-10)6-17(11-2-3-11)7-13-16-15-8-18(12)13/h1,4-5,8,11H,2-3,6-7H2. The van der Waals surface area contributed by atoms with Gasteiger partial charge in [-0.3, -0.25) is 9.47 Å². The maximum absolute atomic E-state index is 6.11. The van der Waals surface area contributed by atoms with Crippen LogP contribution in [-0.4, -0.2) is 25.7 Å². The van der Waals surface area contributed by atoms with Crippen LogP contribution in [0.3, 0.4) is 0 Å². The molecule has 2 aliphatic rings. The highest BCUT2D eigenvalue weighted by atomic mass is 35.5. The molecule has 0 unspecified atom stereocenters. The van der Waals surface area contributed by atoms with Gasteiger partial charge in [0.2, 0.25) is 0 Å². The van der Waals surface area contributed by atoms with E-state index >= 15 is 0 Å². The second kappa shape index (κ2) is 3.80. The quantitative estimate of drug-likeness (QED) is 0.790. The third kappa shape index (κ3) is 1.64. The van der Waals surface area contributed by atoms with Crippen LogP contribution in [0, 0.1) is 0 Å². The van der Waals surface area contributed by atoms with E-state index in [9.17, 15) is 0 Å². The zero-order valence-corrected chi connectivity index (χ0v) is 10.6. The van der Waals surface area contributed by atoms with Crippen molar-refractivity contribution in [1.29, 1.82) is 0 Å². The summed E-state index contributed by atoms with van der Waals surface area (Å²) in [6.45, 7) is 1.82.